The Morgan fingerprint density at radius 2 is 2.10 bits per heavy atom. The van der Waals surface area contributed by atoms with Gasteiger partial charge in [-0.15, -0.1) is 0 Å². The fourth-order valence-corrected chi connectivity index (χ4v) is 2.58. The van der Waals surface area contributed by atoms with Gasteiger partial charge in [-0.25, -0.2) is 0 Å². The van der Waals surface area contributed by atoms with E-state index in [0.717, 1.165) is 44.1 Å². The van der Waals surface area contributed by atoms with Crippen LogP contribution in [0.3, 0.4) is 0 Å². The molecule has 1 aliphatic heterocycles. The standard InChI is InChI=1S/C16H25N3O2/c1-12-4-5-15(17-3)14(10-12)16(20)18-13(2)11-19-6-8-21-9-7-19/h4-5,10,13,17H,6-9,11H2,1-3H3,(H,18,20). The molecule has 5 heteroatoms. The van der Waals surface area contributed by atoms with Crippen LogP contribution in [0.15, 0.2) is 18.2 Å². The number of ether oxygens (including phenoxy) is 1. The quantitative estimate of drug-likeness (QED) is 0.863. The fourth-order valence-electron chi connectivity index (χ4n) is 2.58. The first-order chi connectivity index (χ1) is 10.1. The maximum atomic E-state index is 12.4. The Kier molecular flexibility index (Phi) is 5.59. The van der Waals surface area contributed by atoms with Crippen molar-refractivity contribution >= 4 is 11.6 Å². The molecule has 2 rings (SSSR count). The third-order valence-electron chi connectivity index (χ3n) is 3.70. The number of anilines is 1. The van der Waals surface area contributed by atoms with Crippen molar-refractivity contribution in [3.8, 4) is 0 Å². The van der Waals surface area contributed by atoms with E-state index in [-0.39, 0.29) is 11.9 Å². The number of hydrogen-bond donors (Lipinski definition) is 2. The van der Waals surface area contributed by atoms with Crippen LogP contribution >= 0.6 is 0 Å². The molecule has 1 aromatic carbocycles. The summed E-state index contributed by atoms with van der Waals surface area (Å²) in [6.07, 6.45) is 0. The molecular formula is C16H25N3O2. The molecule has 0 radical (unpaired) electrons. The van der Waals surface area contributed by atoms with Gasteiger partial charge in [0.1, 0.15) is 0 Å². The van der Waals surface area contributed by atoms with Crippen molar-refractivity contribution in [3.05, 3.63) is 29.3 Å². The molecule has 1 atom stereocenters. The zero-order valence-electron chi connectivity index (χ0n) is 13.1. The van der Waals surface area contributed by atoms with Gasteiger partial charge in [0.15, 0.2) is 0 Å². The SMILES string of the molecule is CNc1ccc(C)cc1C(=O)NC(C)CN1CCOCC1. The number of benzene rings is 1. The highest BCUT2D eigenvalue weighted by atomic mass is 16.5. The summed E-state index contributed by atoms with van der Waals surface area (Å²) >= 11 is 0. The lowest BCUT2D eigenvalue weighted by molar-refractivity contribution is 0.0342. The van der Waals surface area contributed by atoms with Crippen LogP contribution in [-0.4, -0.2) is 56.7 Å². The summed E-state index contributed by atoms with van der Waals surface area (Å²) in [6.45, 7) is 8.33. The van der Waals surface area contributed by atoms with Gasteiger partial charge in [-0.1, -0.05) is 11.6 Å². The third kappa shape index (κ3) is 4.44. The topological polar surface area (TPSA) is 53.6 Å². The van der Waals surface area contributed by atoms with Crippen molar-refractivity contribution in [2.75, 3.05) is 45.2 Å². The fraction of sp³-hybridized carbons (Fsp3) is 0.562. The van der Waals surface area contributed by atoms with Gasteiger partial charge >= 0.3 is 0 Å². The molecule has 5 nitrogen and oxygen atoms in total. The molecule has 1 aromatic rings. The minimum absolute atomic E-state index is 0.0243. The van der Waals surface area contributed by atoms with Crippen LogP contribution in [0.25, 0.3) is 0 Å². The van der Waals surface area contributed by atoms with Crippen molar-refractivity contribution < 1.29 is 9.53 Å². The zero-order valence-corrected chi connectivity index (χ0v) is 13.1. The molecule has 2 N–H and O–H groups in total. The molecule has 1 fully saturated rings. The van der Waals surface area contributed by atoms with Crippen LogP contribution in [0, 0.1) is 6.92 Å². The van der Waals surface area contributed by atoms with Gasteiger partial charge < -0.3 is 15.4 Å². The molecule has 21 heavy (non-hydrogen) atoms. The molecule has 1 amide bonds. The van der Waals surface area contributed by atoms with E-state index in [1.54, 1.807) is 0 Å². The Balaban J connectivity index is 1.95. The summed E-state index contributed by atoms with van der Waals surface area (Å²) in [5, 5.41) is 6.15. The lowest BCUT2D eigenvalue weighted by Gasteiger charge is -2.29. The molecule has 0 bridgehead atoms. The van der Waals surface area contributed by atoms with Crippen LogP contribution in [0.2, 0.25) is 0 Å². The molecule has 116 valence electrons. The summed E-state index contributed by atoms with van der Waals surface area (Å²) in [5.74, 6) is -0.0243. The summed E-state index contributed by atoms with van der Waals surface area (Å²) < 4.78 is 5.34. The van der Waals surface area contributed by atoms with Crippen molar-refractivity contribution in [3.63, 3.8) is 0 Å². The number of nitrogens with zero attached hydrogens (tertiary/aromatic N) is 1. The summed E-state index contributed by atoms with van der Waals surface area (Å²) in [6, 6.07) is 5.97. The Hall–Kier alpha value is -1.59. The number of morpholine rings is 1. The number of carbonyl (C=O) groups is 1. The van der Waals surface area contributed by atoms with Crippen LogP contribution < -0.4 is 10.6 Å². The maximum Gasteiger partial charge on any atom is 0.253 e. The molecule has 1 unspecified atom stereocenters. The van der Waals surface area contributed by atoms with E-state index in [0.29, 0.717) is 5.56 Å². The molecular weight excluding hydrogens is 266 g/mol. The first-order valence-electron chi connectivity index (χ1n) is 7.49. The highest BCUT2D eigenvalue weighted by Crippen LogP contribution is 2.16. The molecule has 0 aromatic heterocycles. The molecule has 0 aliphatic carbocycles. The Labute approximate surface area is 126 Å². The van der Waals surface area contributed by atoms with Gasteiger partial charge in [0.2, 0.25) is 0 Å². The summed E-state index contributed by atoms with van der Waals surface area (Å²) in [7, 11) is 1.83. The van der Waals surface area contributed by atoms with E-state index in [1.165, 1.54) is 0 Å². The van der Waals surface area contributed by atoms with Gasteiger partial charge in [0.05, 0.1) is 18.8 Å². The molecule has 1 aliphatic rings. The van der Waals surface area contributed by atoms with E-state index in [1.807, 2.05) is 39.1 Å². The second kappa shape index (κ2) is 7.43. The monoisotopic (exact) mass is 291 g/mol. The molecule has 0 saturated carbocycles. The molecule has 0 spiro atoms. The number of carbonyl (C=O) groups excluding carboxylic acids is 1. The van der Waals surface area contributed by atoms with E-state index in [4.69, 9.17) is 4.74 Å². The van der Waals surface area contributed by atoms with E-state index in [9.17, 15) is 4.79 Å². The van der Waals surface area contributed by atoms with Crippen LogP contribution in [-0.2, 0) is 4.74 Å². The predicted molar refractivity (Wildman–Crippen MR) is 84.9 cm³/mol. The minimum Gasteiger partial charge on any atom is -0.387 e. The first kappa shape index (κ1) is 15.8. The highest BCUT2D eigenvalue weighted by molar-refractivity contribution is 5.99. The Morgan fingerprint density at radius 1 is 1.38 bits per heavy atom. The van der Waals surface area contributed by atoms with Gasteiger partial charge in [-0.2, -0.15) is 0 Å². The number of rotatable bonds is 5. The summed E-state index contributed by atoms with van der Waals surface area (Å²) in [5.41, 5.74) is 2.64. The van der Waals surface area contributed by atoms with Crippen LogP contribution in [0.1, 0.15) is 22.8 Å². The van der Waals surface area contributed by atoms with Gasteiger partial charge in [-0.05, 0) is 26.0 Å². The highest BCUT2D eigenvalue weighted by Gasteiger charge is 2.17. The summed E-state index contributed by atoms with van der Waals surface area (Å²) in [4.78, 5) is 14.8. The normalized spacial score (nSPS) is 17.3. The minimum atomic E-state index is -0.0243. The third-order valence-corrected chi connectivity index (χ3v) is 3.70. The zero-order chi connectivity index (χ0) is 15.2. The van der Waals surface area contributed by atoms with Crippen LogP contribution in [0.4, 0.5) is 5.69 Å². The predicted octanol–water partition coefficient (Wildman–Crippen LogP) is 1.49. The Morgan fingerprint density at radius 3 is 2.76 bits per heavy atom. The maximum absolute atomic E-state index is 12.4. The average molecular weight is 291 g/mol. The smallest absolute Gasteiger partial charge is 0.253 e. The van der Waals surface area contributed by atoms with Crippen molar-refractivity contribution in [1.29, 1.82) is 0 Å². The lowest BCUT2D eigenvalue weighted by Crippen LogP contribution is -2.46. The second-order valence-corrected chi connectivity index (χ2v) is 5.59. The van der Waals surface area contributed by atoms with E-state index >= 15 is 0 Å². The van der Waals surface area contributed by atoms with Crippen molar-refractivity contribution in [2.24, 2.45) is 0 Å². The average Bonchev–Trinajstić information content (AvgIpc) is 2.48. The number of amides is 1. The van der Waals surface area contributed by atoms with Crippen molar-refractivity contribution in [2.45, 2.75) is 19.9 Å². The first-order valence-corrected chi connectivity index (χ1v) is 7.49. The number of hydrogen-bond acceptors (Lipinski definition) is 4. The second-order valence-electron chi connectivity index (χ2n) is 5.59. The Bertz CT molecular complexity index is 484. The van der Waals surface area contributed by atoms with Gasteiger partial charge in [0.25, 0.3) is 5.91 Å². The van der Waals surface area contributed by atoms with Gasteiger partial charge in [-0.3, -0.25) is 9.69 Å². The number of aryl methyl sites for hydroxylation is 1. The van der Waals surface area contributed by atoms with Crippen LogP contribution in [0.5, 0.6) is 0 Å². The van der Waals surface area contributed by atoms with E-state index in [2.05, 4.69) is 15.5 Å². The molecule has 1 saturated heterocycles. The van der Waals surface area contributed by atoms with E-state index < -0.39 is 0 Å². The van der Waals surface area contributed by atoms with Gasteiger partial charge in [0, 0.05) is 38.4 Å². The largest absolute Gasteiger partial charge is 0.387 e. The lowest BCUT2D eigenvalue weighted by atomic mass is 10.1. The molecule has 1 heterocycles. The van der Waals surface area contributed by atoms with Crippen molar-refractivity contribution in [1.82, 2.24) is 10.2 Å². The number of nitrogens with one attached hydrogen (secondary N) is 2.